The highest BCUT2D eigenvalue weighted by molar-refractivity contribution is 7.86. The second-order valence-corrected chi connectivity index (χ2v) is 7.82. The molecule has 1 aromatic rings. The summed E-state index contributed by atoms with van der Waals surface area (Å²) in [6.45, 7) is 6.02. The molecule has 0 bridgehead atoms. The normalized spacial score (nSPS) is 13.1. The van der Waals surface area contributed by atoms with Crippen molar-refractivity contribution in [2.24, 2.45) is 0 Å². The highest BCUT2D eigenvalue weighted by Gasteiger charge is 2.19. The number of phenols is 1. The maximum atomic E-state index is 11.8. The van der Waals surface area contributed by atoms with Crippen molar-refractivity contribution < 1.29 is 14.1 Å². The van der Waals surface area contributed by atoms with Crippen LogP contribution in [0.2, 0.25) is 5.02 Å². The Bertz CT molecular complexity index is 497. The van der Waals surface area contributed by atoms with Crippen LogP contribution in [0.5, 0.6) is 5.75 Å². The fourth-order valence-electron chi connectivity index (χ4n) is 1.31. The van der Waals surface area contributed by atoms with Gasteiger partial charge in [-0.3, -0.25) is 9.00 Å². The molecule has 19 heavy (non-hydrogen) atoms. The van der Waals surface area contributed by atoms with Gasteiger partial charge >= 0.3 is 0 Å². The number of hydrogen-bond acceptors (Lipinski definition) is 3. The van der Waals surface area contributed by atoms with Crippen molar-refractivity contribution in [3.63, 3.8) is 0 Å². The summed E-state index contributed by atoms with van der Waals surface area (Å²) in [5, 5.41) is 12.1. The molecule has 6 heteroatoms. The number of aromatic hydroxyl groups is 1. The fourth-order valence-corrected chi connectivity index (χ4v) is 2.39. The summed E-state index contributed by atoms with van der Waals surface area (Å²) in [6, 6.07) is 4.24. The first-order valence-corrected chi connectivity index (χ1v) is 7.56. The highest BCUT2D eigenvalue weighted by Crippen LogP contribution is 2.23. The number of amides is 1. The SMILES string of the molecule is CC(C)(C)S(=O)CCNC(=O)c1ccc(O)c(Cl)c1. The highest BCUT2D eigenvalue weighted by atomic mass is 35.5. The lowest BCUT2D eigenvalue weighted by Crippen LogP contribution is -2.32. The molecule has 0 aliphatic carbocycles. The van der Waals surface area contributed by atoms with E-state index in [0.29, 0.717) is 17.9 Å². The molecule has 0 aliphatic heterocycles. The summed E-state index contributed by atoms with van der Waals surface area (Å²) >= 11 is 5.72. The van der Waals surface area contributed by atoms with Gasteiger partial charge in [0.05, 0.1) is 5.02 Å². The molecular weight excluding hydrogens is 286 g/mol. The van der Waals surface area contributed by atoms with Gasteiger partial charge in [-0.15, -0.1) is 0 Å². The lowest BCUT2D eigenvalue weighted by atomic mass is 10.2. The van der Waals surface area contributed by atoms with E-state index in [1.165, 1.54) is 18.2 Å². The van der Waals surface area contributed by atoms with E-state index in [1.54, 1.807) is 0 Å². The van der Waals surface area contributed by atoms with E-state index in [-0.39, 0.29) is 21.4 Å². The van der Waals surface area contributed by atoms with E-state index in [0.717, 1.165) is 0 Å². The fraction of sp³-hybridized carbons (Fsp3) is 0.462. The van der Waals surface area contributed by atoms with Crippen molar-refractivity contribution in [3.8, 4) is 5.75 Å². The van der Waals surface area contributed by atoms with Gasteiger partial charge in [0.1, 0.15) is 5.75 Å². The number of carbonyl (C=O) groups excluding carboxylic acids is 1. The van der Waals surface area contributed by atoms with Crippen LogP contribution in [-0.4, -0.2) is 32.3 Å². The van der Waals surface area contributed by atoms with Crippen molar-refractivity contribution in [1.29, 1.82) is 0 Å². The summed E-state index contributed by atoms with van der Waals surface area (Å²) in [5.41, 5.74) is 0.365. The number of phenolic OH excluding ortho intramolecular Hbond substituents is 1. The minimum atomic E-state index is -0.999. The van der Waals surface area contributed by atoms with Crippen molar-refractivity contribution in [2.75, 3.05) is 12.3 Å². The molecule has 0 aliphatic rings. The number of carbonyl (C=O) groups is 1. The molecule has 0 fully saturated rings. The van der Waals surface area contributed by atoms with E-state index in [1.807, 2.05) is 20.8 Å². The molecule has 0 heterocycles. The summed E-state index contributed by atoms with van der Waals surface area (Å²) in [7, 11) is -0.999. The topological polar surface area (TPSA) is 66.4 Å². The Balaban J connectivity index is 2.52. The number of hydrogen-bond donors (Lipinski definition) is 2. The molecule has 106 valence electrons. The van der Waals surface area contributed by atoms with Crippen LogP contribution < -0.4 is 5.32 Å². The molecule has 2 N–H and O–H groups in total. The van der Waals surface area contributed by atoms with Gasteiger partial charge in [0.15, 0.2) is 0 Å². The smallest absolute Gasteiger partial charge is 0.251 e. The van der Waals surface area contributed by atoms with Crippen LogP contribution in [0.15, 0.2) is 18.2 Å². The summed E-state index contributed by atoms with van der Waals surface area (Å²) in [4.78, 5) is 11.8. The Kier molecular flexibility index (Phi) is 5.38. The van der Waals surface area contributed by atoms with E-state index < -0.39 is 10.8 Å². The number of rotatable bonds is 4. The zero-order chi connectivity index (χ0) is 14.6. The van der Waals surface area contributed by atoms with Gasteiger partial charge in [-0.2, -0.15) is 0 Å². The third-order valence-corrected chi connectivity index (χ3v) is 4.71. The molecule has 1 atom stereocenters. The summed E-state index contributed by atoms with van der Waals surface area (Å²) < 4.78 is 11.5. The van der Waals surface area contributed by atoms with Gasteiger partial charge in [-0.05, 0) is 39.0 Å². The van der Waals surface area contributed by atoms with E-state index in [9.17, 15) is 14.1 Å². The Labute approximate surface area is 120 Å². The average molecular weight is 304 g/mol. The third-order valence-electron chi connectivity index (χ3n) is 2.47. The molecule has 0 saturated carbocycles. The second kappa shape index (κ2) is 6.39. The maximum absolute atomic E-state index is 11.8. The van der Waals surface area contributed by atoms with Crippen LogP contribution in [0, 0.1) is 0 Å². The van der Waals surface area contributed by atoms with Gasteiger partial charge in [0.25, 0.3) is 5.91 Å². The molecule has 1 aromatic carbocycles. The Morgan fingerprint density at radius 2 is 2.05 bits per heavy atom. The van der Waals surface area contributed by atoms with Gasteiger partial charge < -0.3 is 10.4 Å². The largest absolute Gasteiger partial charge is 0.506 e. The van der Waals surface area contributed by atoms with Crippen molar-refractivity contribution >= 4 is 28.3 Å². The van der Waals surface area contributed by atoms with Crippen LogP contribution in [0.1, 0.15) is 31.1 Å². The first-order chi connectivity index (χ1) is 8.71. The third kappa shape index (κ3) is 4.84. The van der Waals surface area contributed by atoms with Crippen molar-refractivity contribution in [1.82, 2.24) is 5.32 Å². The van der Waals surface area contributed by atoms with Crippen LogP contribution in [-0.2, 0) is 10.8 Å². The van der Waals surface area contributed by atoms with E-state index in [4.69, 9.17) is 11.6 Å². The van der Waals surface area contributed by atoms with E-state index >= 15 is 0 Å². The van der Waals surface area contributed by atoms with Crippen LogP contribution >= 0.6 is 11.6 Å². The maximum Gasteiger partial charge on any atom is 0.251 e. The minimum Gasteiger partial charge on any atom is -0.506 e. The quantitative estimate of drug-likeness (QED) is 0.897. The number of benzene rings is 1. The molecule has 0 spiro atoms. The molecule has 1 rings (SSSR count). The lowest BCUT2D eigenvalue weighted by molar-refractivity contribution is 0.0956. The number of nitrogens with one attached hydrogen (secondary N) is 1. The molecular formula is C13H18ClNO3S. The molecule has 4 nitrogen and oxygen atoms in total. The van der Waals surface area contributed by atoms with Gasteiger partial charge in [0, 0.05) is 33.4 Å². The minimum absolute atomic E-state index is 0.0629. The van der Waals surface area contributed by atoms with Gasteiger partial charge in [0.2, 0.25) is 0 Å². The second-order valence-electron chi connectivity index (χ2n) is 5.08. The molecule has 1 unspecified atom stereocenters. The summed E-state index contributed by atoms with van der Waals surface area (Å²) in [6.07, 6.45) is 0. The number of halogens is 1. The standard InChI is InChI=1S/C13H18ClNO3S/c1-13(2,3)19(18)7-6-15-12(17)9-4-5-11(16)10(14)8-9/h4-5,8,16H,6-7H2,1-3H3,(H,15,17). The van der Waals surface area contributed by atoms with Crippen LogP contribution in [0.3, 0.4) is 0 Å². The molecule has 1 amide bonds. The average Bonchev–Trinajstić information content (AvgIpc) is 2.31. The van der Waals surface area contributed by atoms with Gasteiger partial charge in [-0.25, -0.2) is 0 Å². The zero-order valence-corrected chi connectivity index (χ0v) is 12.8. The predicted molar refractivity (Wildman–Crippen MR) is 78.2 cm³/mol. The monoisotopic (exact) mass is 303 g/mol. The Morgan fingerprint density at radius 1 is 1.42 bits per heavy atom. The summed E-state index contributed by atoms with van der Waals surface area (Å²) in [5.74, 6) is 0.0426. The Morgan fingerprint density at radius 3 is 2.58 bits per heavy atom. The first-order valence-electron chi connectivity index (χ1n) is 5.87. The van der Waals surface area contributed by atoms with E-state index in [2.05, 4.69) is 5.32 Å². The van der Waals surface area contributed by atoms with Crippen LogP contribution in [0.4, 0.5) is 0 Å². The lowest BCUT2D eigenvalue weighted by Gasteiger charge is -2.17. The Hall–Kier alpha value is -1.07. The zero-order valence-electron chi connectivity index (χ0n) is 11.2. The van der Waals surface area contributed by atoms with Crippen LogP contribution in [0.25, 0.3) is 0 Å². The van der Waals surface area contributed by atoms with Crippen molar-refractivity contribution in [3.05, 3.63) is 28.8 Å². The predicted octanol–water partition coefficient (Wildman–Crippen LogP) is 2.32. The molecule has 0 aromatic heterocycles. The van der Waals surface area contributed by atoms with Gasteiger partial charge in [-0.1, -0.05) is 11.6 Å². The molecule has 0 saturated heterocycles. The first kappa shape index (κ1) is 16.0. The van der Waals surface area contributed by atoms with Crippen molar-refractivity contribution in [2.45, 2.75) is 25.5 Å². The molecule has 0 radical (unpaired) electrons.